The number of carbonyl (C=O) groups is 2. The maximum Gasteiger partial charge on any atom is 0.303 e. The number of hydrogen-bond acceptors (Lipinski definition) is 2. The number of amides is 1. The molecule has 2 rings (SSSR count). The largest absolute Gasteiger partial charge is 0.481 e. The SMILES string of the molecule is Cc1ccc(CCCC(=O)N2CCC(CC(=O)O)CC2)cc1. The number of carboxylic acids is 1. The normalized spacial score (nSPS) is 15.8. The molecule has 22 heavy (non-hydrogen) atoms. The predicted molar refractivity (Wildman–Crippen MR) is 85.7 cm³/mol. The maximum absolute atomic E-state index is 12.2. The number of benzene rings is 1. The van der Waals surface area contributed by atoms with Gasteiger partial charge in [0.1, 0.15) is 0 Å². The molecule has 1 N–H and O–H groups in total. The lowest BCUT2D eigenvalue weighted by Crippen LogP contribution is -2.38. The summed E-state index contributed by atoms with van der Waals surface area (Å²) in [6, 6.07) is 8.45. The standard InChI is InChI=1S/C18H25NO3/c1-14-5-7-15(8-6-14)3-2-4-17(20)19-11-9-16(10-12-19)13-18(21)22/h5-8,16H,2-4,9-13H2,1H3,(H,21,22). The summed E-state index contributed by atoms with van der Waals surface area (Å²) >= 11 is 0. The summed E-state index contributed by atoms with van der Waals surface area (Å²) in [6.45, 7) is 3.49. The Labute approximate surface area is 132 Å². The van der Waals surface area contributed by atoms with Crippen molar-refractivity contribution >= 4 is 11.9 Å². The van der Waals surface area contributed by atoms with Crippen LogP contribution in [0.5, 0.6) is 0 Å². The van der Waals surface area contributed by atoms with Gasteiger partial charge in [-0.3, -0.25) is 9.59 Å². The van der Waals surface area contributed by atoms with Crippen LogP contribution in [-0.2, 0) is 16.0 Å². The molecule has 0 bridgehead atoms. The monoisotopic (exact) mass is 303 g/mol. The summed E-state index contributed by atoms with van der Waals surface area (Å²) in [5, 5.41) is 8.80. The van der Waals surface area contributed by atoms with Gasteiger partial charge in [-0.15, -0.1) is 0 Å². The number of aryl methyl sites for hydroxylation is 2. The molecular weight excluding hydrogens is 278 g/mol. The van der Waals surface area contributed by atoms with E-state index in [2.05, 4.69) is 31.2 Å². The number of carboxylic acid groups (broad SMARTS) is 1. The molecule has 0 atom stereocenters. The number of likely N-dealkylation sites (tertiary alicyclic amines) is 1. The topological polar surface area (TPSA) is 57.6 Å². The molecule has 1 fully saturated rings. The van der Waals surface area contributed by atoms with Crippen molar-refractivity contribution < 1.29 is 14.7 Å². The van der Waals surface area contributed by atoms with Crippen molar-refractivity contribution in [2.75, 3.05) is 13.1 Å². The van der Waals surface area contributed by atoms with E-state index in [4.69, 9.17) is 5.11 Å². The first-order valence-electron chi connectivity index (χ1n) is 8.09. The number of carbonyl (C=O) groups excluding carboxylic acids is 1. The van der Waals surface area contributed by atoms with Crippen LogP contribution in [0.1, 0.15) is 43.2 Å². The Balaban J connectivity index is 1.68. The van der Waals surface area contributed by atoms with Crippen LogP contribution in [0.4, 0.5) is 0 Å². The van der Waals surface area contributed by atoms with E-state index in [9.17, 15) is 9.59 Å². The van der Waals surface area contributed by atoms with Crippen LogP contribution < -0.4 is 0 Å². The van der Waals surface area contributed by atoms with Crippen molar-refractivity contribution in [3.8, 4) is 0 Å². The highest BCUT2D eigenvalue weighted by Gasteiger charge is 2.23. The molecule has 4 heteroatoms. The molecule has 0 aromatic heterocycles. The van der Waals surface area contributed by atoms with E-state index >= 15 is 0 Å². The lowest BCUT2D eigenvalue weighted by molar-refractivity contribution is -0.138. The van der Waals surface area contributed by atoms with Gasteiger partial charge in [0.25, 0.3) is 0 Å². The van der Waals surface area contributed by atoms with E-state index in [1.165, 1.54) is 11.1 Å². The lowest BCUT2D eigenvalue weighted by atomic mass is 9.93. The molecule has 1 aromatic rings. The molecule has 0 unspecified atom stereocenters. The minimum absolute atomic E-state index is 0.209. The molecule has 1 heterocycles. The van der Waals surface area contributed by atoms with E-state index in [0.29, 0.717) is 19.5 Å². The van der Waals surface area contributed by atoms with Gasteiger partial charge in [0, 0.05) is 25.9 Å². The average Bonchev–Trinajstić information content (AvgIpc) is 2.49. The summed E-state index contributed by atoms with van der Waals surface area (Å²) < 4.78 is 0. The molecule has 0 saturated carbocycles. The van der Waals surface area contributed by atoms with E-state index in [1.54, 1.807) is 0 Å². The Morgan fingerprint density at radius 1 is 1.18 bits per heavy atom. The fourth-order valence-corrected chi connectivity index (χ4v) is 2.99. The predicted octanol–water partition coefficient (Wildman–Crippen LogP) is 3.03. The van der Waals surface area contributed by atoms with Gasteiger partial charge >= 0.3 is 5.97 Å². The van der Waals surface area contributed by atoms with Crippen molar-refractivity contribution in [3.05, 3.63) is 35.4 Å². The summed E-state index contributed by atoms with van der Waals surface area (Å²) in [7, 11) is 0. The Bertz CT molecular complexity index is 502. The molecule has 120 valence electrons. The third-order valence-electron chi connectivity index (χ3n) is 4.41. The minimum atomic E-state index is -0.733. The smallest absolute Gasteiger partial charge is 0.303 e. The number of hydrogen-bond donors (Lipinski definition) is 1. The zero-order valence-electron chi connectivity index (χ0n) is 13.3. The number of rotatable bonds is 6. The van der Waals surface area contributed by atoms with Crippen LogP contribution in [0.25, 0.3) is 0 Å². The van der Waals surface area contributed by atoms with Gasteiger partial charge in [-0.1, -0.05) is 29.8 Å². The highest BCUT2D eigenvalue weighted by molar-refractivity contribution is 5.76. The molecule has 1 saturated heterocycles. The molecule has 0 radical (unpaired) electrons. The van der Waals surface area contributed by atoms with Crippen LogP contribution in [0.2, 0.25) is 0 Å². The van der Waals surface area contributed by atoms with Crippen molar-refractivity contribution in [3.63, 3.8) is 0 Å². The summed E-state index contributed by atoms with van der Waals surface area (Å²) in [5.41, 5.74) is 2.53. The quantitative estimate of drug-likeness (QED) is 0.879. The van der Waals surface area contributed by atoms with Crippen LogP contribution in [-0.4, -0.2) is 35.0 Å². The van der Waals surface area contributed by atoms with E-state index in [-0.39, 0.29) is 18.2 Å². The minimum Gasteiger partial charge on any atom is -0.481 e. The second kappa shape index (κ2) is 7.97. The number of aliphatic carboxylic acids is 1. The molecule has 0 aliphatic carbocycles. The van der Waals surface area contributed by atoms with Gasteiger partial charge in [-0.05, 0) is 44.1 Å². The van der Waals surface area contributed by atoms with Gasteiger partial charge in [0.15, 0.2) is 0 Å². The van der Waals surface area contributed by atoms with Crippen LogP contribution in [0.15, 0.2) is 24.3 Å². The van der Waals surface area contributed by atoms with Crippen LogP contribution in [0, 0.1) is 12.8 Å². The second-order valence-corrected chi connectivity index (χ2v) is 6.26. The van der Waals surface area contributed by atoms with E-state index < -0.39 is 5.97 Å². The fraction of sp³-hybridized carbons (Fsp3) is 0.556. The number of piperidine rings is 1. The van der Waals surface area contributed by atoms with Gasteiger partial charge in [-0.25, -0.2) is 0 Å². The molecule has 0 spiro atoms. The Hall–Kier alpha value is -1.84. The zero-order chi connectivity index (χ0) is 15.9. The van der Waals surface area contributed by atoms with Gasteiger partial charge < -0.3 is 10.0 Å². The Kier molecular flexibility index (Phi) is 5.99. The second-order valence-electron chi connectivity index (χ2n) is 6.26. The summed E-state index contributed by atoms with van der Waals surface area (Å²) in [6.07, 6.45) is 4.25. The van der Waals surface area contributed by atoms with Crippen LogP contribution >= 0.6 is 0 Å². The first kappa shape index (κ1) is 16.5. The van der Waals surface area contributed by atoms with Crippen molar-refractivity contribution in [1.29, 1.82) is 0 Å². The molecule has 4 nitrogen and oxygen atoms in total. The molecule has 1 aromatic carbocycles. The lowest BCUT2D eigenvalue weighted by Gasteiger charge is -2.31. The highest BCUT2D eigenvalue weighted by atomic mass is 16.4. The highest BCUT2D eigenvalue weighted by Crippen LogP contribution is 2.21. The van der Waals surface area contributed by atoms with Crippen molar-refractivity contribution in [1.82, 2.24) is 4.90 Å². The number of nitrogens with zero attached hydrogens (tertiary/aromatic N) is 1. The van der Waals surface area contributed by atoms with Crippen LogP contribution in [0.3, 0.4) is 0 Å². The summed E-state index contributed by atoms with van der Waals surface area (Å²) in [5.74, 6) is -0.294. The molecule has 1 amide bonds. The zero-order valence-corrected chi connectivity index (χ0v) is 13.3. The maximum atomic E-state index is 12.2. The molecule has 1 aliphatic rings. The van der Waals surface area contributed by atoms with E-state index in [1.807, 2.05) is 4.90 Å². The third-order valence-corrected chi connectivity index (χ3v) is 4.41. The first-order valence-corrected chi connectivity index (χ1v) is 8.09. The van der Waals surface area contributed by atoms with Gasteiger partial charge in [0.2, 0.25) is 5.91 Å². The average molecular weight is 303 g/mol. The van der Waals surface area contributed by atoms with E-state index in [0.717, 1.165) is 25.7 Å². The Morgan fingerprint density at radius 2 is 1.82 bits per heavy atom. The molecule has 1 aliphatic heterocycles. The Morgan fingerprint density at radius 3 is 2.41 bits per heavy atom. The van der Waals surface area contributed by atoms with Gasteiger partial charge in [-0.2, -0.15) is 0 Å². The van der Waals surface area contributed by atoms with Crippen molar-refractivity contribution in [2.45, 2.75) is 45.4 Å². The molecular formula is C18H25NO3. The van der Waals surface area contributed by atoms with Gasteiger partial charge in [0.05, 0.1) is 0 Å². The van der Waals surface area contributed by atoms with Crippen molar-refractivity contribution in [2.24, 2.45) is 5.92 Å². The third kappa shape index (κ3) is 5.17. The fourth-order valence-electron chi connectivity index (χ4n) is 2.99. The summed E-state index contributed by atoms with van der Waals surface area (Å²) in [4.78, 5) is 24.8. The first-order chi connectivity index (χ1) is 10.5.